The molecule has 4 N–H and O–H groups in total. The molecule has 2 saturated carbocycles. The summed E-state index contributed by atoms with van der Waals surface area (Å²) in [5.74, 6) is 2.12. The third-order valence-corrected chi connectivity index (χ3v) is 11.8. The van der Waals surface area contributed by atoms with E-state index >= 15 is 0 Å². The normalized spacial score (nSPS) is 30.6. The number of urea groups is 1. The summed E-state index contributed by atoms with van der Waals surface area (Å²) in [6, 6.07) is 11.1. The number of hydrogen-bond acceptors (Lipinski definition) is 6. The summed E-state index contributed by atoms with van der Waals surface area (Å²) < 4.78 is 14.4. The van der Waals surface area contributed by atoms with Gasteiger partial charge in [-0.2, -0.15) is 0 Å². The number of halogens is 2. The average Bonchev–Trinajstić information content (AvgIpc) is 3.50. The van der Waals surface area contributed by atoms with Gasteiger partial charge in [-0.25, -0.2) is 4.79 Å². The Morgan fingerprint density at radius 3 is 1.52 bits per heavy atom. The van der Waals surface area contributed by atoms with E-state index in [4.69, 9.17) is 21.7 Å². The van der Waals surface area contributed by atoms with E-state index in [9.17, 15) is 14.4 Å². The molecular formula is C34H38Br2N4O5S. The fourth-order valence-corrected chi connectivity index (χ4v) is 9.29. The Morgan fingerprint density at radius 2 is 1.11 bits per heavy atom. The van der Waals surface area contributed by atoms with Crippen LogP contribution in [0.3, 0.4) is 0 Å². The van der Waals surface area contributed by atoms with E-state index in [1.807, 2.05) is 36.4 Å². The highest BCUT2D eigenvalue weighted by Gasteiger charge is 2.55. The minimum atomic E-state index is -1.00. The summed E-state index contributed by atoms with van der Waals surface area (Å²) in [6.45, 7) is 0. The lowest BCUT2D eigenvalue weighted by atomic mass is 9.75. The lowest BCUT2D eigenvalue weighted by Crippen LogP contribution is -2.52. The molecule has 4 heterocycles. The molecule has 6 aliphatic rings. The molecule has 4 fully saturated rings. The van der Waals surface area contributed by atoms with Gasteiger partial charge in [0.15, 0.2) is 16.2 Å². The first-order valence-electron chi connectivity index (χ1n) is 16.4. The SMILES string of the molecule is O=C1NC(=O)C2(CC(C3CCCCC3)Oc3ccc(Br)cc32)N1.O=C1NC(=S)NC12CC(C1CCCCC1)Oc1ccc(Br)cc12. The van der Waals surface area contributed by atoms with Gasteiger partial charge in [-0.1, -0.05) is 70.4 Å². The van der Waals surface area contributed by atoms with Gasteiger partial charge in [0.05, 0.1) is 0 Å². The second kappa shape index (κ2) is 12.7. The molecule has 4 aliphatic heterocycles. The van der Waals surface area contributed by atoms with Crippen LogP contribution in [0.4, 0.5) is 4.79 Å². The highest BCUT2D eigenvalue weighted by molar-refractivity contribution is 9.10. The monoisotopic (exact) mass is 772 g/mol. The van der Waals surface area contributed by atoms with Gasteiger partial charge >= 0.3 is 6.03 Å². The first-order valence-corrected chi connectivity index (χ1v) is 18.4. The Hall–Kier alpha value is -2.70. The van der Waals surface area contributed by atoms with E-state index in [2.05, 4.69) is 53.1 Å². The number of ether oxygens (including phenoxy) is 2. The van der Waals surface area contributed by atoms with Gasteiger partial charge in [-0.05, 0) is 86.1 Å². The Labute approximate surface area is 290 Å². The van der Waals surface area contributed by atoms with Crippen molar-refractivity contribution in [3.8, 4) is 11.5 Å². The maximum absolute atomic E-state index is 12.7. The lowest BCUT2D eigenvalue weighted by molar-refractivity contribution is -0.127. The molecule has 2 spiro atoms. The van der Waals surface area contributed by atoms with Gasteiger partial charge < -0.3 is 25.4 Å². The molecule has 4 unspecified atom stereocenters. The van der Waals surface area contributed by atoms with Crippen LogP contribution in [-0.2, 0) is 20.7 Å². The molecule has 0 aromatic heterocycles. The minimum absolute atomic E-state index is 0.0341. The van der Waals surface area contributed by atoms with Crippen molar-refractivity contribution in [2.75, 3.05) is 0 Å². The number of carbonyl (C=O) groups excluding carboxylic acids is 3. The molecular weight excluding hydrogens is 736 g/mol. The smallest absolute Gasteiger partial charge is 0.322 e. The Morgan fingerprint density at radius 1 is 0.652 bits per heavy atom. The maximum Gasteiger partial charge on any atom is 0.322 e. The summed E-state index contributed by atoms with van der Waals surface area (Å²) in [5, 5.41) is 11.7. The Balaban J connectivity index is 0.000000147. The number of thiocarbonyl (C=S) groups is 1. The standard InChI is InChI=1S/C17H19BrN2O3.C17H19BrN2O2S/c18-11-6-7-13-12(8-11)17(15(21)19-16(22)20-17)9-14(23-13)10-4-2-1-3-5-10;18-11-6-7-13-12(8-11)17(15(21)19-16(23)20-17)9-14(22-13)10-4-2-1-3-5-10/h6-8,10,14H,1-5,9H2,(H2,19,20,21,22);6-8,10,14H,1-5,9H2,(H2,19,20,21,23). The molecule has 2 saturated heterocycles. The number of amides is 4. The maximum atomic E-state index is 12.7. The van der Waals surface area contributed by atoms with Gasteiger partial charge in [0.1, 0.15) is 23.7 Å². The van der Waals surface area contributed by atoms with E-state index < -0.39 is 17.1 Å². The van der Waals surface area contributed by atoms with Gasteiger partial charge in [0.2, 0.25) is 0 Å². The van der Waals surface area contributed by atoms with Crippen molar-refractivity contribution >= 4 is 67.0 Å². The third-order valence-electron chi connectivity index (χ3n) is 10.6. The zero-order chi connectivity index (χ0) is 32.1. The summed E-state index contributed by atoms with van der Waals surface area (Å²) in [7, 11) is 0. The fraction of sp³-hybridized carbons (Fsp3) is 0.529. The minimum Gasteiger partial charge on any atom is -0.490 e. The van der Waals surface area contributed by atoms with Crippen molar-refractivity contribution in [2.24, 2.45) is 11.8 Å². The van der Waals surface area contributed by atoms with Gasteiger partial charge in [0, 0.05) is 32.9 Å². The molecule has 8 rings (SSSR count). The molecule has 9 nitrogen and oxygen atoms in total. The van der Waals surface area contributed by atoms with Gasteiger partial charge in [-0.15, -0.1) is 0 Å². The van der Waals surface area contributed by atoms with Crippen LogP contribution < -0.4 is 30.7 Å². The number of carbonyl (C=O) groups is 3. The Bertz CT molecular complexity index is 1460. The number of benzene rings is 2. The summed E-state index contributed by atoms with van der Waals surface area (Å²) in [4.78, 5) is 37.1. The predicted molar refractivity (Wildman–Crippen MR) is 183 cm³/mol. The summed E-state index contributed by atoms with van der Waals surface area (Å²) >= 11 is 12.2. The molecule has 4 amide bonds. The van der Waals surface area contributed by atoms with Crippen LogP contribution in [-0.4, -0.2) is 35.2 Å². The zero-order valence-corrected chi connectivity index (χ0v) is 29.5. The third kappa shape index (κ3) is 5.83. The summed E-state index contributed by atoms with van der Waals surface area (Å²) in [5.41, 5.74) is -0.189. The Kier molecular flexibility index (Phi) is 8.82. The van der Waals surface area contributed by atoms with Crippen LogP contribution in [0, 0.1) is 11.8 Å². The fourth-order valence-electron chi connectivity index (χ4n) is 8.30. The van der Waals surface area contributed by atoms with Crippen LogP contribution in [0.5, 0.6) is 11.5 Å². The highest BCUT2D eigenvalue weighted by atomic mass is 79.9. The number of imide groups is 1. The number of fused-ring (bicyclic) bond motifs is 4. The second-order valence-electron chi connectivity index (χ2n) is 13.4. The molecule has 4 atom stereocenters. The second-order valence-corrected chi connectivity index (χ2v) is 15.7. The first-order chi connectivity index (χ1) is 22.2. The van der Waals surface area contributed by atoms with Crippen molar-refractivity contribution in [3.05, 3.63) is 56.5 Å². The molecule has 46 heavy (non-hydrogen) atoms. The zero-order valence-electron chi connectivity index (χ0n) is 25.5. The van der Waals surface area contributed by atoms with E-state index in [0.29, 0.717) is 35.5 Å². The molecule has 2 aromatic carbocycles. The highest BCUT2D eigenvalue weighted by Crippen LogP contribution is 2.47. The van der Waals surface area contributed by atoms with Crippen molar-refractivity contribution in [3.63, 3.8) is 0 Å². The molecule has 2 aromatic rings. The predicted octanol–water partition coefficient (Wildman–Crippen LogP) is 6.60. The van der Waals surface area contributed by atoms with Gasteiger partial charge in [-0.3, -0.25) is 14.9 Å². The van der Waals surface area contributed by atoms with Gasteiger partial charge in [0.25, 0.3) is 11.8 Å². The van der Waals surface area contributed by atoms with Crippen LogP contribution in [0.2, 0.25) is 0 Å². The number of nitrogens with one attached hydrogen (secondary N) is 4. The largest absolute Gasteiger partial charge is 0.490 e. The van der Waals surface area contributed by atoms with Crippen molar-refractivity contribution in [1.82, 2.24) is 21.3 Å². The molecule has 244 valence electrons. The molecule has 0 bridgehead atoms. The molecule has 0 radical (unpaired) electrons. The summed E-state index contributed by atoms with van der Waals surface area (Å²) in [6.07, 6.45) is 13.3. The number of hydrogen-bond donors (Lipinski definition) is 4. The lowest BCUT2D eigenvalue weighted by Gasteiger charge is -2.41. The van der Waals surface area contributed by atoms with Crippen LogP contribution in [0.15, 0.2) is 45.3 Å². The molecule has 2 aliphatic carbocycles. The van der Waals surface area contributed by atoms with Crippen molar-refractivity contribution in [1.29, 1.82) is 0 Å². The van der Waals surface area contributed by atoms with Crippen LogP contribution in [0.25, 0.3) is 0 Å². The molecule has 12 heteroatoms. The average molecular weight is 775 g/mol. The van der Waals surface area contributed by atoms with Crippen LogP contribution in [0.1, 0.15) is 88.2 Å². The van der Waals surface area contributed by atoms with E-state index in [1.165, 1.54) is 51.4 Å². The van der Waals surface area contributed by atoms with Crippen LogP contribution >= 0.6 is 44.1 Å². The quantitative estimate of drug-likeness (QED) is 0.201. The van der Waals surface area contributed by atoms with E-state index in [0.717, 1.165) is 38.7 Å². The van der Waals surface area contributed by atoms with Crippen molar-refractivity contribution < 1.29 is 23.9 Å². The van der Waals surface area contributed by atoms with Crippen molar-refractivity contribution in [2.45, 2.75) is 100 Å². The first kappa shape index (κ1) is 31.9. The van der Waals surface area contributed by atoms with E-state index in [1.54, 1.807) is 0 Å². The van der Waals surface area contributed by atoms with E-state index in [-0.39, 0.29) is 24.0 Å². The topological polar surface area (TPSA) is 118 Å². The number of rotatable bonds is 2.